The molecule has 0 aromatic heterocycles. The van der Waals surface area contributed by atoms with E-state index in [2.05, 4.69) is 0 Å². The van der Waals surface area contributed by atoms with Crippen molar-refractivity contribution in [3.8, 4) is 12.1 Å². The van der Waals surface area contributed by atoms with Crippen LogP contribution in [0.5, 0.6) is 0 Å². The molecule has 6 heavy (non-hydrogen) atoms. The molecule has 0 spiro atoms. The zero-order valence-corrected chi connectivity index (χ0v) is 3.98. The van der Waals surface area contributed by atoms with Gasteiger partial charge in [0.05, 0.1) is 0 Å². The molecule has 0 saturated heterocycles. The normalized spacial score (nSPS) is 1.67. The van der Waals surface area contributed by atoms with E-state index < -0.39 is 0 Å². The molecule has 0 rings (SSSR count). The fourth-order valence-electron chi connectivity index (χ4n) is 0. The van der Waals surface area contributed by atoms with E-state index in [0.717, 1.165) is 0 Å². The second kappa shape index (κ2) is 25.2. The largest absolute Gasteiger partial charge is 2.00 e. The van der Waals surface area contributed by atoms with Crippen molar-refractivity contribution < 1.29 is 16.8 Å². The maximum absolute atomic E-state index is 7.26. The molecule has 0 bridgehead atoms. The molecule has 0 aliphatic rings. The Labute approximate surface area is 46.3 Å². The molecule has 3 nitrogen and oxygen atoms in total. The van der Waals surface area contributed by atoms with E-state index in [4.69, 9.17) is 10.5 Å². The second-order valence-corrected chi connectivity index (χ2v) is 0.224. The quantitative estimate of drug-likeness (QED) is 0.505. The SMILES string of the molecule is N.N#CC#N.[Co+2]. The third kappa shape index (κ3) is 103. The van der Waals surface area contributed by atoms with Gasteiger partial charge in [0.25, 0.3) is 0 Å². The van der Waals surface area contributed by atoms with Crippen LogP contribution >= 0.6 is 0 Å². The average Bonchev–Trinajstić information content (AvgIpc) is 1.37. The molecule has 4 heteroatoms. The molecule has 1 radical (unpaired) electrons. The molecule has 0 aliphatic heterocycles. The minimum absolute atomic E-state index is 0. The fourth-order valence-corrected chi connectivity index (χ4v) is 0. The Morgan fingerprint density at radius 2 is 1.17 bits per heavy atom. The molecule has 0 atom stereocenters. The van der Waals surface area contributed by atoms with Crippen molar-refractivity contribution in [1.29, 1.82) is 10.5 Å². The van der Waals surface area contributed by atoms with Crippen LogP contribution < -0.4 is 6.15 Å². The summed E-state index contributed by atoms with van der Waals surface area (Å²) in [7, 11) is 0. The van der Waals surface area contributed by atoms with Crippen LogP contribution in [0.4, 0.5) is 0 Å². The van der Waals surface area contributed by atoms with Crippen molar-refractivity contribution in [1.82, 2.24) is 6.15 Å². The zero-order chi connectivity index (χ0) is 3.41. The Kier molecular flexibility index (Phi) is 75.7. The number of nitriles is 2. The summed E-state index contributed by atoms with van der Waals surface area (Å²) in [5, 5.41) is 14.5. The molecular formula is C2H3CoN3+2. The Balaban J connectivity index is -0.0000000450. The number of hydrogen-bond donors (Lipinski definition) is 1. The molecule has 0 heterocycles. The number of nitrogens with zero attached hydrogens (tertiary/aromatic N) is 2. The van der Waals surface area contributed by atoms with Crippen molar-refractivity contribution in [3.63, 3.8) is 0 Å². The zero-order valence-electron chi connectivity index (χ0n) is 2.93. The summed E-state index contributed by atoms with van der Waals surface area (Å²) in [6, 6.07) is 2.47. The summed E-state index contributed by atoms with van der Waals surface area (Å²) < 4.78 is 0. The maximum atomic E-state index is 7.26. The van der Waals surface area contributed by atoms with E-state index in [9.17, 15) is 0 Å². The van der Waals surface area contributed by atoms with E-state index in [1.165, 1.54) is 12.1 Å². The van der Waals surface area contributed by atoms with Crippen molar-refractivity contribution in [2.75, 3.05) is 0 Å². The van der Waals surface area contributed by atoms with Gasteiger partial charge in [-0.05, 0) is 0 Å². The third-order valence-corrected chi connectivity index (χ3v) is 0.0500. The van der Waals surface area contributed by atoms with Crippen LogP contribution in [0.15, 0.2) is 0 Å². The molecule has 0 saturated carbocycles. The van der Waals surface area contributed by atoms with Gasteiger partial charge < -0.3 is 6.15 Å². The van der Waals surface area contributed by atoms with E-state index in [0.29, 0.717) is 0 Å². The van der Waals surface area contributed by atoms with Gasteiger partial charge in [-0.1, -0.05) is 0 Å². The Morgan fingerprint density at radius 1 is 1.00 bits per heavy atom. The number of rotatable bonds is 0. The first-order valence-electron chi connectivity index (χ1n) is 0.697. The predicted molar refractivity (Wildman–Crippen MR) is 16.2 cm³/mol. The molecule has 0 aromatic carbocycles. The summed E-state index contributed by atoms with van der Waals surface area (Å²) in [6.07, 6.45) is 0. The Hall–Kier alpha value is -0.554. The first-order chi connectivity index (χ1) is 1.91. The maximum Gasteiger partial charge on any atom is 2.00 e. The van der Waals surface area contributed by atoms with E-state index in [-0.39, 0.29) is 22.9 Å². The van der Waals surface area contributed by atoms with Gasteiger partial charge in [-0.2, -0.15) is 10.5 Å². The van der Waals surface area contributed by atoms with E-state index >= 15 is 0 Å². The summed E-state index contributed by atoms with van der Waals surface area (Å²) in [4.78, 5) is 0. The van der Waals surface area contributed by atoms with Crippen LogP contribution in [0.3, 0.4) is 0 Å². The van der Waals surface area contributed by atoms with Gasteiger partial charge >= 0.3 is 16.8 Å². The molecule has 0 unspecified atom stereocenters. The fraction of sp³-hybridized carbons (Fsp3) is 0. The monoisotopic (exact) mass is 128 g/mol. The van der Waals surface area contributed by atoms with Crippen molar-refractivity contribution in [2.24, 2.45) is 0 Å². The summed E-state index contributed by atoms with van der Waals surface area (Å²) in [5.74, 6) is 0. The van der Waals surface area contributed by atoms with Crippen molar-refractivity contribution in [2.45, 2.75) is 0 Å². The van der Waals surface area contributed by atoms with Crippen LogP contribution in [0, 0.1) is 22.7 Å². The predicted octanol–water partition coefficient (Wildman–Crippen LogP) is 0.193. The van der Waals surface area contributed by atoms with Crippen LogP contribution in [-0.2, 0) is 16.8 Å². The molecule has 0 amide bonds. The molecule has 0 aliphatic carbocycles. The summed E-state index contributed by atoms with van der Waals surface area (Å²) in [5.41, 5.74) is 0. The smallest absolute Gasteiger partial charge is 0.344 e. The van der Waals surface area contributed by atoms with Gasteiger partial charge in [0.15, 0.2) is 12.1 Å². The van der Waals surface area contributed by atoms with E-state index in [1.807, 2.05) is 0 Å². The van der Waals surface area contributed by atoms with Crippen LogP contribution in [0.1, 0.15) is 0 Å². The summed E-state index contributed by atoms with van der Waals surface area (Å²) >= 11 is 0. The van der Waals surface area contributed by atoms with Gasteiger partial charge in [-0.3, -0.25) is 0 Å². The number of hydrogen-bond acceptors (Lipinski definition) is 3. The van der Waals surface area contributed by atoms with Crippen molar-refractivity contribution in [3.05, 3.63) is 0 Å². The van der Waals surface area contributed by atoms with Crippen molar-refractivity contribution >= 4 is 0 Å². The standard InChI is InChI=1S/C2N2.Co.H3N/c3-1-2-4;;/h;;1H3/q;+2;. The van der Waals surface area contributed by atoms with Crippen LogP contribution in [0.2, 0.25) is 0 Å². The van der Waals surface area contributed by atoms with Crippen LogP contribution in [0.25, 0.3) is 0 Å². The Morgan fingerprint density at radius 3 is 1.17 bits per heavy atom. The average molecular weight is 128 g/mol. The second-order valence-electron chi connectivity index (χ2n) is 0.224. The first-order valence-corrected chi connectivity index (χ1v) is 0.697. The molecule has 3 N–H and O–H groups in total. The molecule has 0 fully saturated rings. The van der Waals surface area contributed by atoms with Gasteiger partial charge in [0, 0.05) is 0 Å². The topological polar surface area (TPSA) is 82.6 Å². The minimum atomic E-state index is 0. The van der Waals surface area contributed by atoms with Gasteiger partial charge in [-0.25, -0.2) is 0 Å². The molecular weight excluding hydrogens is 125 g/mol. The minimum Gasteiger partial charge on any atom is -0.344 e. The van der Waals surface area contributed by atoms with E-state index in [1.54, 1.807) is 0 Å². The van der Waals surface area contributed by atoms with Gasteiger partial charge in [0.2, 0.25) is 0 Å². The molecule has 0 aromatic rings. The first kappa shape index (κ1) is 18.0. The molecule has 33 valence electrons. The Bertz CT molecular complexity index is 63.8. The van der Waals surface area contributed by atoms with Gasteiger partial charge in [0.1, 0.15) is 0 Å². The third-order valence-electron chi connectivity index (χ3n) is 0.0500. The van der Waals surface area contributed by atoms with Crippen LogP contribution in [-0.4, -0.2) is 0 Å². The van der Waals surface area contributed by atoms with Gasteiger partial charge in [-0.15, -0.1) is 0 Å². The summed E-state index contributed by atoms with van der Waals surface area (Å²) in [6.45, 7) is 0.